The fourth-order valence-electron chi connectivity index (χ4n) is 3.40. The Morgan fingerprint density at radius 1 is 1.05 bits per heavy atom. The van der Waals surface area contributed by atoms with Crippen molar-refractivity contribution >= 4 is 11.8 Å². The van der Waals surface area contributed by atoms with Crippen LogP contribution in [-0.4, -0.2) is 59.4 Å². The van der Waals surface area contributed by atoms with Crippen LogP contribution >= 0.6 is 0 Å². The van der Waals surface area contributed by atoms with E-state index in [1.54, 1.807) is 0 Å². The highest BCUT2D eigenvalue weighted by molar-refractivity contribution is 5.82. The van der Waals surface area contributed by atoms with Crippen LogP contribution in [0.15, 0.2) is 0 Å². The van der Waals surface area contributed by atoms with E-state index < -0.39 is 0 Å². The molecule has 0 spiro atoms. The van der Waals surface area contributed by atoms with Crippen molar-refractivity contribution in [2.45, 2.75) is 65.0 Å². The summed E-state index contributed by atoms with van der Waals surface area (Å²) in [5.74, 6) is 0.667. The average Bonchev–Trinajstić information content (AvgIpc) is 2.98. The van der Waals surface area contributed by atoms with E-state index in [0.717, 1.165) is 39.0 Å². The molecule has 2 rings (SSSR count). The number of nitrogens with one attached hydrogen (secondary N) is 1. The Balaban J connectivity index is 1.81. The Bertz CT molecular complexity index is 403. The first kappa shape index (κ1) is 17.3. The van der Waals surface area contributed by atoms with E-state index in [2.05, 4.69) is 10.2 Å². The standard InChI is InChI=1S/C17H31N3O2/c1-13(15(21)18-17(2,3)4)19-9-11-20(12-10-19)16(22)14-7-5-6-8-14/h13-14H,5-12H2,1-4H3,(H,18,21)/t13-/m1/s1. The third-order valence-electron chi connectivity index (χ3n) is 4.76. The van der Waals surface area contributed by atoms with Crippen LogP contribution in [0, 0.1) is 5.92 Å². The van der Waals surface area contributed by atoms with E-state index in [0.29, 0.717) is 5.91 Å². The first-order valence-electron chi connectivity index (χ1n) is 8.63. The Hall–Kier alpha value is -1.10. The maximum atomic E-state index is 12.4. The zero-order chi connectivity index (χ0) is 16.3. The van der Waals surface area contributed by atoms with Gasteiger partial charge in [0, 0.05) is 37.6 Å². The monoisotopic (exact) mass is 309 g/mol. The van der Waals surface area contributed by atoms with Crippen molar-refractivity contribution in [1.29, 1.82) is 0 Å². The summed E-state index contributed by atoms with van der Waals surface area (Å²) in [4.78, 5) is 28.9. The van der Waals surface area contributed by atoms with E-state index >= 15 is 0 Å². The Kier molecular flexibility index (Phi) is 5.48. The molecule has 126 valence electrons. The largest absolute Gasteiger partial charge is 0.350 e. The summed E-state index contributed by atoms with van der Waals surface area (Å²) >= 11 is 0. The molecule has 2 amide bonds. The molecule has 1 saturated carbocycles. The Morgan fingerprint density at radius 2 is 1.59 bits per heavy atom. The maximum Gasteiger partial charge on any atom is 0.237 e. The number of nitrogens with zero attached hydrogens (tertiary/aromatic N) is 2. The van der Waals surface area contributed by atoms with E-state index in [1.165, 1.54) is 12.8 Å². The molecule has 0 radical (unpaired) electrons. The topological polar surface area (TPSA) is 52.7 Å². The SMILES string of the molecule is C[C@H](C(=O)NC(C)(C)C)N1CCN(C(=O)C2CCCC2)CC1. The third-order valence-corrected chi connectivity index (χ3v) is 4.76. The van der Waals surface area contributed by atoms with Crippen LogP contribution < -0.4 is 5.32 Å². The lowest BCUT2D eigenvalue weighted by Gasteiger charge is -2.39. The molecule has 1 atom stereocenters. The summed E-state index contributed by atoms with van der Waals surface area (Å²) in [5, 5.41) is 3.03. The Labute approximate surface area is 134 Å². The van der Waals surface area contributed by atoms with Gasteiger partial charge in [0.15, 0.2) is 0 Å². The summed E-state index contributed by atoms with van der Waals surface area (Å²) < 4.78 is 0. The minimum atomic E-state index is -0.203. The van der Waals surface area contributed by atoms with E-state index in [4.69, 9.17) is 0 Å². The van der Waals surface area contributed by atoms with E-state index in [1.807, 2.05) is 32.6 Å². The quantitative estimate of drug-likeness (QED) is 0.862. The summed E-state index contributed by atoms with van der Waals surface area (Å²) in [5.41, 5.74) is -0.203. The molecule has 1 aliphatic carbocycles. The minimum absolute atomic E-state index is 0.0723. The lowest BCUT2D eigenvalue weighted by Crippen LogP contribution is -2.57. The molecular weight excluding hydrogens is 278 g/mol. The van der Waals surface area contributed by atoms with E-state index in [-0.39, 0.29) is 23.4 Å². The van der Waals surface area contributed by atoms with Crippen LogP contribution in [0.25, 0.3) is 0 Å². The fourth-order valence-corrected chi connectivity index (χ4v) is 3.40. The van der Waals surface area contributed by atoms with Crippen molar-refractivity contribution < 1.29 is 9.59 Å². The first-order chi connectivity index (χ1) is 10.3. The number of carbonyl (C=O) groups excluding carboxylic acids is 2. The molecule has 0 aromatic heterocycles. The van der Waals surface area contributed by atoms with Gasteiger partial charge in [-0.3, -0.25) is 14.5 Å². The van der Waals surface area contributed by atoms with Crippen LogP contribution in [0.1, 0.15) is 53.4 Å². The maximum absolute atomic E-state index is 12.4. The Morgan fingerprint density at radius 3 is 2.09 bits per heavy atom. The zero-order valence-electron chi connectivity index (χ0n) is 14.5. The van der Waals surface area contributed by atoms with Crippen LogP contribution in [-0.2, 0) is 9.59 Å². The second-order valence-electron chi connectivity index (χ2n) is 7.76. The third kappa shape index (κ3) is 4.45. The molecule has 5 heteroatoms. The normalized spacial score (nSPS) is 22.6. The average molecular weight is 309 g/mol. The highest BCUT2D eigenvalue weighted by Gasteiger charge is 2.32. The van der Waals surface area contributed by atoms with E-state index in [9.17, 15) is 9.59 Å². The molecule has 2 aliphatic rings. The van der Waals surface area contributed by atoms with Crippen molar-refractivity contribution in [2.75, 3.05) is 26.2 Å². The molecule has 0 aromatic carbocycles. The summed E-state index contributed by atoms with van der Waals surface area (Å²) in [7, 11) is 0. The molecule has 1 aliphatic heterocycles. The second-order valence-corrected chi connectivity index (χ2v) is 7.76. The number of piperazine rings is 1. The number of carbonyl (C=O) groups is 2. The lowest BCUT2D eigenvalue weighted by atomic mass is 10.1. The van der Waals surface area contributed by atoms with Gasteiger partial charge in [-0.25, -0.2) is 0 Å². The molecule has 2 fully saturated rings. The van der Waals surface area contributed by atoms with Gasteiger partial charge < -0.3 is 10.2 Å². The van der Waals surface area contributed by atoms with Gasteiger partial charge in [-0.15, -0.1) is 0 Å². The van der Waals surface area contributed by atoms with Crippen molar-refractivity contribution in [3.05, 3.63) is 0 Å². The van der Waals surface area contributed by atoms with Crippen LogP contribution in [0.4, 0.5) is 0 Å². The number of rotatable bonds is 3. The van der Waals surface area contributed by atoms with Crippen molar-refractivity contribution in [2.24, 2.45) is 5.92 Å². The van der Waals surface area contributed by atoms with Crippen LogP contribution in [0.5, 0.6) is 0 Å². The predicted molar refractivity (Wildman–Crippen MR) is 87.5 cm³/mol. The second kappa shape index (κ2) is 6.99. The minimum Gasteiger partial charge on any atom is -0.350 e. The fraction of sp³-hybridized carbons (Fsp3) is 0.882. The zero-order valence-corrected chi connectivity index (χ0v) is 14.5. The summed E-state index contributed by atoms with van der Waals surface area (Å²) in [6, 6.07) is -0.136. The molecule has 5 nitrogen and oxygen atoms in total. The van der Waals surface area contributed by atoms with Gasteiger partial charge >= 0.3 is 0 Å². The van der Waals surface area contributed by atoms with Gasteiger partial charge in [0.25, 0.3) is 0 Å². The summed E-state index contributed by atoms with van der Waals surface area (Å²) in [6.07, 6.45) is 4.51. The van der Waals surface area contributed by atoms with Gasteiger partial charge in [-0.1, -0.05) is 12.8 Å². The van der Waals surface area contributed by atoms with Gasteiger partial charge in [-0.2, -0.15) is 0 Å². The molecule has 1 N–H and O–H groups in total. The van der Waals surface area contributed by atoms with Crippen molar-refractivity contribution in [3.8, 4) is 0 Å². The molecule has 1 saturated heterocycles. The molecule has 22 heavy (non-hydrogen) atoms. The molecule has 1 heterocycles. The van der Waals surface area contributed by atoms with Gasteiger partial charge in [0.2, 0.25) is 11.8 Å². The smallest absolute Gasteiger partial charge is 0.237 e. The van der Waals surface area contributed by atoms with Gasteiger partial charge in [-0.05, 0) is 40.5 Å². The summed E-state index contributed by atoms with van der Waals surface area (Å²) in [6.45, 7) is 11.0. The molecule has 0 aromatic rings. The predicted octanol–water partition coefficient (Wildman–Crippen LogP) is 1.62. The molecule has 0 unspecified atom stereocenters. The van der Waals surface area contributed by atoms with Gasteiger partial charge in [0.05, 0.1) is 6.04 Å². The highest BCUT2D eigenvalue weighted by Crippen LogP contribution is 2.27. The van der Waals surface area contributed by atoms with Crippen molar-refractivity contribution in [1.82, 2.24) is 15.1 Å². The molecule has 0 bridgehead atoms. The number of hydrogen-bond acceptors (Lipinski definition) is 3. The number of amides is 2. The molecular formula is C17H31N3O2. The number of hydrogen-bond donors (Lipinski definition) is 1. The highest BCUT2D eigenvalue weighted by atomic mass is 16.2. The van der Waals surface area contributed by atoms with Crippen LogP contribution in [0.2, 0.25) is 0 Å². The van der Waals surface area contributed by atoms with Crippen LogP contribution in [0.3, 0.4) is 0 Å². The first-order valence-corrected chi connectivity index (χ1v) is 8.63. The van der Waals surface area contributed by atoms with Gasteiger partial charge in [0.1, 0.15) is 0 Å². The lowest BCUT2D eigenvalue weighted by molar-refractivity contribution is -0.138. The van der Waals surface area contributed by atoms with Crippen molar-refractivity contribution in [3.63, 3.8) is 0 Å².